The number of benzene rings is 1. The molecule has 1 N–H and O–H groups in total. The standard InChI is InChI=1S/C23H26O3S2/c1-16-10-12-19(27-16)20-13-11-18(28-20)14-15-23(4,22(2,3)25)21(24)26-17-8-6-5-7-9-17/h5-13,25H,14-15H2,1-4H3. The van der Waals surface area contributed by atoms with Crippen molar-refractivity contribution in [2.75, 3.05) is 0 Å². The fourth-order valence-corrected chi connectivity index (χ4v) is 4.92. The Labute approximate surface area is 174 Å². The molecule has 0 radical (unpaired) electrons. The first-order valence-electron chi connectivity index (χ1n) is 9.34. The van der Waals surface area contributed by atoms with Gasteiger partial charge in [0.25, 0.3) is 0 Å². The lowest BCUT2D eigenvalue weighted by Crippen LogP contribution is -2.49. The lowest BCUT2D eigenvalue weighted by Gasteiger charge is -2.38. The molecule has 3 rings (SSSR count). The van der Waals surface area contributed by atoms with Gasteiger partial charge in [0.1, 0.15) is 5.75 Å². The second-order valence-electron chi connectivity index (χ2n) is 7.77. The van der Waals surface area contributed by atoms with Crippen LogP contribution in [0.5, 0.6) is 5.75 Å². The summed E-state index contributed by atoms with van der Waals surface area (Å²) in [5.41, 5.74) is -2.23. The fourth-order valence-electron chi connectivity index (χ4n) is 2.95. The summed E-state index contributed by atoms with van der Waals surface area (Å²) in [6, 6.07) is 17.5. The van der Waals surface area contributed by atoms with Gasteiger partial charge in [-0.05, 0) is 76.9 Å². The molecule has 0 aliphatic carbocycles. The Morgan fingerprint density at radius 1 is 0.964 bits per heavy atom. The monoisotopic (exact) mass is 414 g/mol. The van der Waals surface area contributed by atoms with Crippen molar-refractivity contribution >= 4 is 28.6 Å². The zero-order valence-corrected chi connectivity index (χ0v) is 18.3. The summed E-state index contributed by atoms with van der Waals surface area (Å²) in [6.45, 7) is 7.24. The normalized spacial score (nSPS) is 13.9. The molecular formula is C23H26O3S2. The maximum atomic E-state index is 13.0. The number of carbonyl (C=O) groups excluding carboxylic acids is 1. The second-order valence-corrected chi connectivity index (χ2v) is 10.2. The molecule has 0 saturated heterocycles. The number of hydrogen-bond acceptors (Lipinski definition) is 5. The summed E-state index contributed by atoms with van der Waals surface area (Å²) in [5.74, 6) is 0.0892. The first-order chi connectivity index (χ1) is 13.2. The van der Waals surface area contributed by atoms with E-state index in [0.29, 0.717) is 18.6 Å². The number of aliphatic hydroxyl groups is 1. The second kappa shape index (κ2) is 8.19. The van der Waals surface area contributed by atoms with Crippen LogP contribution in [0.2, 0.25) is 0 Å². The van der Waals surface area contributed by atoms with Crippen LogP contribution in [0.4, 0.5) is 0 Å². The van der Waals surface area contributed by atoms with Crippen LogP contribution in [-0.4, -0.2) is 16.7 Å². The third-order valence-electron chi connectivity index (χ3n) is 5.27. The minimum absolute atomic E-state index is 0.406. The van der Waals surface area contributed by atoms with E-state index in [9.17, 15) is 9.90 Å². The summed E-state index contributed by atoms with van der Waals surface area (Å²) in [4.78, 5) is 18.0. The first-order valence-corrected chi connectivity index (χ1v) is 11.0. The molecule has 2 aromatic heterocycles. The Kier molecular flexibility index (Phi) is 6.08. The van der Waals surface area contributed by atoms with E-state index in [1.165, 1.54) is 19.5 Å². The molecule has 1 aromatic carbocycles. The fraction of sp³-hybridized carbons (Fsp3) is 0.348. The summed E-state index contributed by atoms with van der Waals surface area (Å²) >= 11 is 3.53. The summed E-state index contributed by atoms with van der Waals surface area (Å²) in [5, 5.41) is 10.8. The maximum Gasteiger partial charge on any atom is 0.320 e. The van der Waals surface area contributed by atoms with Crippen LogP contribution < -0.4 is 4.74 Å². The molecule has 3 aromatic rings. The van der Waals surface area contributed by atoms with Crippen LogP contribution in [0.3, 0.4) is 0 Å². The van der Waals surface area contributed by atoms with Crippen molar-refractivity contribution in [2.45, 2.75) is 46.1 Å². The van der Waals surface area contributed by atoms with Crippen LogP contribution in [0.15, 0.2) is 54.6 Å². The third-order valence-corrected chi connectivity index (χ3v) is 7.61. The van der Waals surface area contributed by atoms with Gasteiger partial charge in [0.2, 0.25) is 0 Å². The molecule has 148 valence electrons. The highest BCUT2D eigenvalue weighted by atomic mass is 32.1. The van der Waals surface area contributed by atoms with Gasteiger partial charge in [-0.1, -0.05) is 18.2 Å². The largest absolute Gasteiger partial charge is 0.426 e. The number of carbonyl (C=O) groups is 1. The molecule has 1 atom stereocenters. The van der Waals surface area contributed by atoms with Gasteiger partial charge in [-0.15, -0.1) is 22.7 Å². The highest BCUT2D eigenvalue weighted by Crippen LogP contribution is 2.39. The van der Waals surface area contributed by atoms with Crippen molar-refractivity contribution < 1.29 is 14.6 Å². The van der Waals surface area contributed by atoms with Gasteiger partial charge in [-0.2, -0.15) is 0 Å². The quantitative estimate of drug-likeness (QED) is 0.375. The van der Waals surface area contributed by atoms with E-state index in [-0.39, 0.29) is 0 Å². The Morgan fingerprint density at radius 3 is 2.21 bits per heavy atom. The molecule has 1 unspecified atom stereocenters. The van der Waals surface area contributed by atoms with Crippen molar-refractivity contribution in [1.82, 2.24) is 0 Å². The van der Waals surface area contributed by atoms with Gasteiger partial charge < -0.3 is 9.84 Å². The average Bonchev–Trinajstić information content (AvgIpc) is 3.28. The van der Waals surface area contributed by atoms with Gasteiger partial charge in [0, 0.05) is 19.5 Å². The van der Waals surface area contributed by atoms with E-state index < -0.39 is 17.0 Å². The van der Waals surface area contributed by atoms with Crippen LogP contribution in [0, 0.1) is 12.3 Å². The molecule has 0 saturated carbocycles. The van der Waals surface area contributed by atoms with E-state index in [1.54, 1.807) is 55.6 Å². The highest BCUT2D eigenvalue weighted by Gasteiger charge is 2.47. The lowest BCUT2D eigenvalue weighted by molar-refractivity contribution is -0.160. The maximum absolute atomic E-state index is 13.0. The molecule has 2 heterocycles. The Morgan fingerprint density at radius 2 is 1.61 bits per heavy atom. The van der Waals surface area contributed by atoms with E-state index in [1.807, 2.05) is 18.2 Å². The predicted octanol–water partition coefficient (Wildman–Crippen LogP) is 6.10. The molecule has 0 aliphatic rings. The summed E-state index contributed by atoms with van der Waals surface area (Å²) < 4.78 is 5.58. The van der Waals surface area contributed by atoms with Gasteiger partial charge in [-0.3, -0.25) is 4.79 Å². The topological polar surface area (TPSA) is 46.5 Å². The van der Waals surface area contributed by atoms with E-state index in [2.05, 4.69) is 31.2 Å². The molecule has 0 bridgehead atoms. The van der Waals surface area contributed by atoms with Crippen molar-refractivity contribution in [1.29, 1.82) is 0 Å². The van der Waals surface area contributed by atoms with Crippen molar-refractivity contribution in [3.05, 3.63) is 64.4 Å². The molecule has 5 heteroatoms. The van der Waals surface area contributed by atoms with Crippen LogP contribution in [0.25, 0.3) is 9.75 Å². The number of rotatable bonds is 7. The zero-order chi connectivity index (χ0) is 20.4. The molecule has 0 amide bonds. The molecule has 0 fully saturated rings. The predicted molar refractivity (Wildman–Crippen MR) is 117 cm³/mol. The summed E-state index contributed by atoms with van der Waals surface area (Å²) in [7, 11) is 0. The Balaban J connectivity index is 1.74. The number of hydrogen-bond donors (Lipinski definition) is 1. The number of aryl methyl sites for hydroxylation is 2. The lowest BCUT2D eigenvalue weighted by atomic mass is 9.72. The third kappa shape index (κ3) is 4.54. The van der Waals surface area contributed by atoms with Crippen LogP contribution >= 0.6 is 22.7 Å². The highest BCUT2D eigenvalue weighted by molar-refractivity contribution is 7.22. The van der Waals surface area contributed by atoms with Gasteiger partial charge in [0.05, 0.1) is 11.0 Å². The minimum atomic E-state index is -1.20. The number of thiophene rings is 2. The molecule has 3 nitrogen and oxygen atoms in total. The van der Waals surface area contributed by atoms with Crippen molar-refractivity contribution in [3.63, 3.8) is 0 Å². The van der Waals surface area contributed by atoms with Crippen molar-refractivity contribution in [3.8, 4) is 15.5 Å². The summed E-state index contributed by atoms with van der Waals surface area (Å²) in [6.07, 6.45) is 1.21. The van der Waals surface area contributed by atoms with Crippen LogP contribution in [0.1, 0.15) is 36.9 Å². The molecule has 0 aliphatic heterocycles. The van der Waals surface area contributed by atoms with Crippen molar-refractivity contribution in [2.24, 2.45) is 5.41 Å². The molecule has 0 spiro atoms. The van der Waals surface area contributed by atoms with Gasteiger partial charge >= 0.3 is 5.97 Å². The van der Waals surface area contributed by atoms with E-state index >= 15 is 0 Å². The minimum Gasteiger partial charge on any atom is -0.426 e. The first kappa shape index (κ1) is 20.8. The average molecular weight is 415 g/mol. The number of ether oxygens (including phenoxy) is 1. The van der Waals surface area contributed by atoms with Gasteiger partial charge in [0.15, 0.2) is 0 Å². The van der Waals surface area contributed by atoms with E-state index in [4.69, 9.17) is 4.74 Å². The zero-order valence-electron chi connectivity index (χ0n) is 16.7. The Hall–Kier alpha value is -1.95. The number of para-hydroxylation sites is 1. The number of esters is 1. The molecule has 28 heavy (non-hydrogen) atoms. The van der Waals surface area contributed by atoms with Gasteiger partial charge in [-0.25, -0.2) is 0 Å². The smallest absolute Gasteiger partial charge is 0.320 e. The Bertz CT molecular complexity index is 934. The molecular weight excluding hydrogens is 388 g/mol. The SMILES string of the molecule is Cc1ccc(-c2ccc(CCC(C)(C(=O)Oc3ccccc3)C(C)(C)O)s2)s1. The van der Waals surface area contributed by atoms with E-state index in [0.717, 1.165) is 0 Å². The van der Waals surface area contributed by atoms with Crippen LogP contribution in [-0.2, 0) is 11.2 Å².